The average molecular weight is 448 g/mol. The lowest BCUT2D eigenvalue weighted by Crippen LogP contribution is -2.48. The van der Waals surface area contributed by atoms with E-state index in [1.54, 1.807) is 25.7 Å². The molecule has 1 aromatic heterocycles. The number of furan rings is 1. The molecule has 1 aliphatic heterocycles. The van der Waals surface area contributed by atoms with Crippen molar-refractivity contribution in [2.75, 3.05) is 13.1 Å². The summed E-state index contributed by atoms with van der Waals surface area (Å²) in [4.78, 5) is 27.6. The van der Waals surface area contributed by atoms with Gasteiger partial charge in [0.05, 0.1) is 0 Å². The third-order valence-electron chi connectivity index (χ3n) is 4.81. The number of nitrogens with one attached hydrogen (secondary N) is 2. The van der Waals surface area contributed by atoms with Crippen molar-refractivity contribution in [1.82, 2.24) is 14.9 Å². The van der Waals surface area contributed by atoms with Crippen molar-refractivity contribution < 1.29 is 22.4 Å². The van der Waals surface area contributed by atoms with E-state index in [9.17, 15) is 18.0 Å². The van der Waals surface area contributed by atoms with Crippen LogP contribution in [0.2, 0.25) is 0 Å². The molecule has 2 amide bonds. The summed E-state index contributed by atoms with van der Waals surface area (Å²) in [7, 11) is -3.91. The molecule has 2 aromatic rings. The number of sulfonamides is 1. The van der Waals surface area contributed by atoms with Gasteiger partial charge < -0.3 is 14.6 Å². The van der Waals surface area contributed by atoms with E-state index in [1.807, 2.05) is 30.3 Å². The lowest BCUT2D eigenvalue weighted by Gasteiger charge is -2.24. The van der Waals surface area contributed by atoms with Gasteiger partial charge in [-0.1, -0.05) is 30.3 Å². The van der Waals surface area contributed by atoms with Gasteiger partial charge >= 0.3 is 0 Å². The first-order valence-electron chi connectivity index (χ1n) is 10.3. The van der Waals surface area contributed by atoms with Crippen LogP contribution in [0.25, 0.3) is 0 Å². The molecule has 0 aliphatic carbocycles. The minimum atomic E-state index is -3.91. The Labute approximate surface area is 183 Å². The molecule has 1 saturated heterocycles. The van der Waals surface area contributed by atoms with Gasteiger partial charge in [0.25, 0.3) is 15.9 Å². The second-order valence-electron chi connectivity index (χ2n) is 8.72. The maximum absolute atomic E-state index is 13.0. The van der Waals surface area contributed by atoms with Crippen LogP contribution < -0.4 is 10.0 Å². The normalized spacial score (nSPS) is 15.6. The van der Waals surface area contributed by atoms with Crippen molar-refractivity contribution in [3.05, 3.63) is 53.8 Å². The molecule has 168 valence electrons. The van der Waals surface area contributed by atoms with Gasteiger partial charge in [0.1, 0.15) is 6.04 Å². The molecule has 1 atom stereocenters. The molecule has 0 spiro atoms. The molecular formula is C22H29N3O5S. The number of likely N-dealkylation sites (tertiary alicyclic amines) is 1. The molecule has 0 bridgehead atoms. The van der Waals surface area contributed by atoms with Crippen molar-refractivity contribution >= 4 is 21.8 Å². The van der Waals surface area contributed by atoms with E-state index in [0.717, 1.165) is 18.4 Å². The van der Waals surface area contributed by atoms with E-state index in [-0.39, 0.29) is 16.8 Å². The van der Waals surface area contributed by atoms with Crippen molar-refractivity contribution in [2.24, 2.45) is 0 Å². The van der Waals surface area contributed by atoms with Gasteiger partial charge in [0.2, 0.25) is 11.0 Å². The number of rotatable bonds is 7. The van der Waals surface area contributed by atoms with Gasteiger partial charge in [-0.2, -0.15) is 0 Å². The lowest BCUT2D eigenvalue weighted by atomic mass is 10.0. The quantitative estimate of drug-likeness (QED) is 0.677. The summed E-state index contributed by atoms with van der Waals surface area (Å²) in [6.45, 7) is 6.46. The second kappa shape index (κ2) is 9.23. The highest BCUT2D eigenvalue weighted by atomic mass is 32.2. The summed E-state index contributed by atoms with van der Waals surface area (Å²) in [6.07, 6.45) is 2.22. The topological polar surface area (TPSA) is 109 Å². The number of amides is 2. The molecule has 2 N–H and O–H groups in total. The zero-order valence-corrected chi connectivity index (χ0v) is 18.9. The van der Waals surface area contributed by atoms with Crippen LogP contribution in [0.1, 0.15) is 49.7 Å². The first-order chi connectivity index (χ1) is 14.5. The number of benzene rings is 1. The SMILES string of the molecule is CC(C)(C)NS(=O)(=O)c1ccc(C(=O)NC(Cc2ccccc2)C(=O)N2CCCC2)o1. The van der Waals surface area contributed by atoms with E-state index < -0.39 is 27.5 Å². The second-order valence-corrected chi connectivity index (χ2v) is 10.3. The molecule has 1 unspecified atom stereocenters. The fraction of sp³-hybridized carbons (Fsp3) is 0.455. The molecule has 2 heterocycles. The summed E-state index contributed by atoms with van der Waals surface area (Å²) in [6, 6.07) is 11.2. The Morgan fingerprint density at radius 1 is 1.06 bits per heavy atom. The van der Waals surface area contributed by atoms with E-state index in [4.69, 9.17) is 4.42 Å². The monoisotopic (exact) mass is 447 g/mol. The van der Waals surface area contributed by atoms with Crippen molar-refractivity contribution in [2.45, 2.75) is 56.7 Å². The summed E-state index contributed by atoms with van der Waals surface area (Å²) in [5.41, 5.74) is 0.217. The Morgan fingerprint density at radius 3 is 2.32 bits per heavy atom. The van der Waals surface area contributed by atoms with Crippen LogP contribution >= 0.6 is 0 Å². The van der Waals surface area contributed by atoms with E-state index in [1.165, 1.54) is 12.1 Å². The third-order valence-corrected chi connectivity index (χ3v) is 6.44. The number of nitrogens with zero attached hydrogens (tertiary/aromatic N) is 1. The van der Waals surface area contributed by atoms with E-state index >= 15 is 0 Å². The Morgan fingerprint density at radius 2 is 1.71 bits per heavy atom. The summed E-state index contributed by atoms with van der Waals surface area (Å²) < 4.78 is 32.7. The van der Waals surface area contributed by atoms with Crippen LogP contribution in [0.4, 0.5) is 0 Å². The zero-order chi connectivity index (χ0) is 22.6. The fourth-order valence-corrected chi connectivity index (χ4v) is 4.83. The molecule has 1 aliphatic rings. The highest BCUT2D eigenvalue weighted by Crippen LogP contribution is 2.18. The standard InChI is InChI=1S/C22H29N3O5S/c1-22(2,3)24-31(28,29)19-12-11-18(30-19)20(26)23-17(15-16-9-5-4-6-10-16)21(27)25-13-7-8-14-25/h4-6,9-12,17,24H,7-8,13-15H2,1-3H3,(H,23,26). The summed E-state index contributed by atoms with van der Waals surface area (Å²) in [5.74, 6) is -0.948. The predicted octanol–water partition coefficient (Wildman–Crippen LogP) is 2.32. The molecule has 1 fully saturated rings. The summed E-state index contributed by atoms with van der Waals surface area (Å²) in [5, 5.41) is 2.38. The van der Waals surface area contributed by atoms with Gasteiger partial charge in [-0.15, -0.1) is 0 Å². The first-order valence-corrected chi connectivity index (χ1v) is 11.8. The van der Waals surface area contributed by atoms with Gasteiger partial charge in [0.15, 0.2) is 5.76 Å². The van der Waals surface area contributed by atoms with E-state index in [2.05, 4.69) is 10.0 Å². The molecule has 1 aromatic carbocycles. The molecule has 0 radical (unpaired) electrons. The molecular weight excluding hydrogens is 418 g/mol. The smallest absolute Gasteiger partial charge is 0.287 e. The van der Waals surface area contributed by atoms with Gasteiger partial charge in [-0.25, -0.2) is 13.1 Å². The number of hydrogen-bond donors (Lipinski definition) is 2. The number of carbonyl (C=O) groups is 2. The molecule has 3 rings (SSSR count). The maximum atomic E-state index is 13.0. The highest BCUT2D eigenvalue weighted by molar-refractivity contribution is 7.89. The van der Waals surface area contributed by atoms with Gasteiger partial charge in [0, 0.05) is 25.0 Å². The predicted molar refractivity (Wildman–Crippen MR) is 116 cm³/mol. The van der Waals surface area contributed by atoms with Crippen molar-refractivity contribution in [3.8, 4) is 0 Å². The fourth-order valence-electron chi connectivity index (χ4n) is 3.48. The average Bonchev–Trinajstić information content (AvgIpc) is 3.38. The molecule has 8 nitrogen and oxygen atoms in total. The minimum absolute atomic E-state index is 0.150. The highest BCUT2D eigenvalue weighted by Gasteiger charge is 2.30. The molecule has 31 heavy (non-hydrogen) atoms. The van der Waals surface area contributed by atoms with Crippen molar-refractivity contribution in [1.29, 1.82) is 0 Å². The maximum Gasteiger partial charge on any atom is 0.287 e. The third kappa shape index (κ3) is 6.18. The Hall–Kier alpha value is -2.65. The van der Waals surface area contributed by atoms with Crippen LogP contribution in [0.5, 0.6) is 0 Å². The van der Waals surface area contributed by atoms with Crippen LogP contribution in [-0.4, -0.2) is 49.8 Å². The lowest BCUT2D eigenvalue weighted by molar-refractivity contribution is -0.132. The van der Waals surface area contributed by atoms with Gasteiger partial charge in [-0.3, -0.25) is 9.59 Å². The Kier molecular flexibility index (Phi) is 6.86. The number of hydrogen-bond acceptors (Lipinski definition) is 5. The van der Waals surface area contributed by atoms with Gasteiger partial charge in [-0.05, 0) is 51.3 Å². The van der Waals surface area contributed by atoms with Crippen LogP contribution in [0, 0.1) is 0 Å². The van der Waals surface area contributed by atoms with Crippen LogP contribution in [0.3, 0.4) is 0 Å². The minimum Gasteiger partial charge on any atom is -0.438 e. The Balaban J connectivity index is 1.77. The summed E-state index contributed by atoms with van der Waals surface area (Å²) >= 11 is 0. The molecule has 0 saturated carbocycles. The zero-order valence-electron chi connectivity index (χ0n) is 18.1. The molecule has 9 heteroatoms. The number of carbonyl (C=O) groups excluding carboxylic acids is 2. The van der Waals surface area contributed by atoms with Crippen LogP contribution in [-0.2, 0) is 21.2 Å². The van der Waals surface area contributed by atoms with E-state index in [0.29, 0.717) is 19.5 Å². The Bertz CT molecular complexity index is 1020. The van der Waals surface area contributed by atoms with Crippen molar-refractivity contribution in [3.63, 3.8) is 0 Å². The largest absolute Gasteiger partial charge is 0.438 e. The first kappa shape index (κ1) is 23.0. The van der Waals surface area contributed by atoms with Crippen LogP contribution in [0.15, 0.2) is 52.0 Å².